The van der Waals surface area contributed by atoms with Crippen molar-refractivity contribution in [1.29, 1.82) is 0 Å². The molecule has 0 bridgehead atoms. The minimum Gasteiger partial charge on any atom is -0.359 e. The van der Waals surface area contributed by atoms with Crippen LogP contribution in [0.5, 0.6) is 0 Å². The van der Waals surface area contributed by atoms with Gasteiger partial charge in [-0.1, -0.05) is 25.1 Å². The van der Waals surface area contributed by atoms with E-state index >= 15 is 0 Å². The second-order valence-corrected chi connectivity index (χ2v) is 5.72. The molecular formula is C16H21F3N2O. The average molecular weight is 314 g/mol. The summed E-state index contributed by atoms with van der Waals surface area (Å²) in [5.41, 5.74) is 2.12. The van der Waals surface area contributed by atoms with Crippen molar-refractivity contribution < 1.29 is 18.0 Å². The number of fused-ring (bicyclic) bond motifs is 1. The standard InChI is InChI=1S/C16H21F3N2O/c1-3-13-9-8-12-6-4-5-7-14(12)21(13)10-15(22)20(2)11-16(17,18)19/h4-7,13H,3,8-11H2,1-2H3/t13-/m0/s1. The van der Waals surface area contributed by atoms with Gasteiger partial charge in [-0.05, 0) is 30.9 Å². The molecule has 1 aliphatic heterocycles. The third kappa shape index (κ3) is 3.93. The maximum absolute atomic E-state index is 12.4. The Balaban J connectivity index is 2.14. The molecule has 0 saturated heterocycles. The predicted octanol–water partition coefficient (Wildman–Crippen LogP) is 3.24. The molecular weight excluding hydrogens is 293 g/mol. The Hall–Kier alpha value is -1.72. The number of nitrogens with zero attached hydrogens (tertiary/aromatic N) is 2. The van der Waals surface area contributed by atoms with Gasteiger partial charge in [0.15, 0.2) is 0 Å². The molecule has 1 aromatic carbocycles. The lowest BCUT2D eigenvalue weighted by molar-refractivity contribution is -0.157. The number of para-hydroxylation sites is 1. The summed E-state index contributed by atoms with van der Waals surface area (Å²) in [6.45, 7) is 0.815. The Bertz CT molecular complexity index is 530. The van der Waals surface area contributed by atoms with Gasteiger partial charge in [-0.2, -0.15) is 13.2 Å². The van der Waals surface area contributed by atoms with Crippen molar-refractivity contribution in [3.8, 4) is 0 Å². The molecule has 3 nitrogen and oxygen atoms in total. The minimum absolute atomic E-state index is 0.0118. The lowest BCUT2D eigenvalue weighted by Crippen LogP contribution is -2.47. The average Bonchev–Trinajstić information content (AvgIpc) is 2.45. The topological polar surface area (TPSA) is 23.6 Å². The van der Waals surface area contributed by atoms with Gasteiger partial charge in [0.1, 0.15) is 6.54 Å². The molecule has 1 amide bonds. The van der Waals surface area contributed by atoms with Crippen LogP contribution in [0.15, 0.2) is 24.3 Å². The van der Waals surface area contributed by atoms with E-state index in [1.165, 1.54) is 7.05 Å². The van der Waals surface area contributed by atoms with Crippen LogP contribution in [0.2, 0.25) is 0 Å². The van der Waals surface area contributed by atoms with Gasteiger partial charge < -0.3 is 9.80 Å². The smallest absolute Gasteiger partial charge is 0.359 e. The Morgan fingerprint density at radius 3 is 2.68 bits per heavy atom. The maximum Gasteiger partial charge on any atom is 0.406 e. The van der Waals surface area contributed by atoms with Gasteiger partial charge in [-0.25, -0.2) is 0 Å². The molecule has 0 N–H and O–H groups in total. The Morgan fingerprint density at radius 1 is 1.36 bits per heavy atom. The second kappa shape index (κ2) is 6.58. The third-order valence-corrected chi connectivity index (χ3v) is 4.11. The number of anilines is 1. The highest BCUT2D eigenvalue weighted by atomic mass is 19.4. The minimum atomic E-state index is -4.37. The zero-order valence-corrected chi connectivity index (χ0v) is 12.9. The third-order valence-electron chi connectivity index (χ3n) is 4.11. The monoisotopic (exact) mass is 314 g/mol. The Labute approximate surface area is 128 Å². The summed E-state index contributed by atoms with van der Waals surface area (Å²) in [7, 11) is 1.20. The summed E-state index contributed by atoms with van der Waals surface area (Å²) in [6, 6.07) is 7.99. The number of alkyl halides is 3. The van der Waals surface area contributed by atoms with E-state index in [2.05, 4.69) is 0 Å². The first kappa shape index (κ1) is 16.6. The van der Waals surface area contributed by atoms with Crippen LogP contribution >= 0.6 is 0 Å². The predicted molar refractivity (Wildman–Crippen MR) is 79.9 cm³/mol. The van der Waals surface area contributed by atoms with Crippen molar-refractivity contribution >= 4 is 11.6 Å². The summed E-state index contributed by atoms with van der Waals surface area (Å²) in [5.74, 6) is -0.507. The largest absolute Gasteiger partial charge is 0.406 e. The van der Waals surface area contributed by atoms with E-state index in [-0.39, 0.29) is 12.6 Å². The number of hydrogen-bond donors (Lipinski definition) is 0. The van der Waals surface area contributed by atoms with Gasteiger partial charge in [-0.15, -0.1) is 0 Å². The second-order valence-electron chi connectivity index (χ2n) is 5.72. The van der Waals surface area contributed by atoms with E-state index in [0.29, 0.717) is 0 Å². The van der Waals surface area contributed by atoms with E-state index < -0.39 is 18.6 Å². The summed E-state index contributed by atoms with van der Waals surface area (Å²) in [5, 5.41) is 0. The molecule has 6 heteroatoms. The van der Waals surface area contributed by atoms with E-state index in [1.807, 2.05) is 36.1 Å². The molecule has 1 aliphatic rings. The van der Waals surface area contributed by atoms with Crippen LogP contribution in [0.3, 0.4) is 0 Å². The summed E-state index contributed by atoms with van der Waals surface area (Å²) >= 11 is 0. The van der Waals surface area contributed by atoms with Crippen LogP contribution in [0.1, 0.15) is 25.3 Å². The van der Waals surface area contributed by atoms with Gasteiger partial charge in [0.05, 0.1) is 6.54 Å². The van der Waals surface area contributed by atoms with Crippen LogP contribution < -0.4 is 4.90 Å². The number of rotatable bonds is 4. The van der Waals surface area contributed by atoms with Crippen molar-refractivity contribution in [2.24, 2.45) is 0 Å². The number of carbonyl (C=O) groups is 1. The molecule has 1 atom stereocenters. The van der Waals surface area contributed by atoms with Gasteiger partial charge in [0, 0.05) is 18.8 Å². The quantitative estimate of drug-likeness (QED) is 0.852. The lowest BCUT2D eigenvalue weighted by atomic mass is 9.94. The SMILES string of the molecule is CC[C@H]1CCc2ccccc2N1CC(=O)N(C)CC(F)(F)F. The number of carbonyl (C=O) groups excluding carboxylic acids is 1. The van der Waals surface area contributed by atoms with Crippen LogP contribution in [-0.4, -0.2) is 43.2 Å². The van der Waals surface area contributed by atoms with Crippen molar-refractivity contribution in [1.82, 2.24) is 4.90 Å². The van der Waals surface area contributed by atoms with Crippen LogP contribution in [0, 0.1) is 0 Å². The molecule has 0 radical (unpaired) electrons. The van der Waals surface area contributed by atoms with E-state index in [4.69, 9.17) is 0 Å². The zero-order valence-electron chi connectivity index (χ0n) is 12.9. The molecule has 22 heavy (non-hydrogen) atoms. The van der Waals surface area contributed by atoms with E-state index in [0.717, 1.165) is 35.4 Å². The molecule has 122 valence electrons. The fraction of sp³-hybridized carbons (Fsp3) is 0.562. The molecule has 0 aromatic heterocycles. The highest BCUT2D eigenvalue weighted by Gasteiger charge is 2.33. The molecule has 0 unspecified atom stereocenters. The number of hydrogen-bond acceptors (Lipinski definition) is 2. The fourth-order valence-corrected chi connectivity index (χ4v) is 2.94. The number of halogens is 3. The van der Waals surface area contributed by atoms with Crippen LogP contribution in [0.4, 0.5) is 18.9 Å². The van der Waals surface area contributed by atoms with Gasteiger partial charge >= 0.3 is 6.18 Å². The molecule has 0 fully saturated rings. The fourth-order valence-electron chi connectivity index (χ4n) is 2.94. The van der Waals surface area contributed by atoms with Gasteiger partial charge in [0.2, 0.25) is 5.91 Å². The molecule has 1 heterocycles. The van der Waals surface area contributed by atoms with Gasteiger partial charge in [-0.3, -0.25) is 4.79 Å². The Kier molecular flexibility index (Phi) is 4.98. The number of amides is 1. The Morgan fingerprint density at radius 2 is 2.05 bits per heavy atom. The normalized spacial score (nSPS) is 18.0. The van der Waals surface area contributed by atoms with E-state index in [1.54, 1.807) is 0 Å². The first-order chi connectivity index (χ1) is 10.3. The highest BCUT2D eigenvalue weighted by Crippen LogP contribution is 2.31. The molecule has 0 aliphatic carbocycles. The molecule has 0 saturated carbocycles. The first-order valence-electron chi connectivity index (χ1n) is 7.47. The van der Waals surface area contributed by atoms with Crippen molar-refractivity contribution in [2.45, 2.75) is 38.4 Å². The summed E-state index contributed by atoms with van der Waals surface area (Å²) < 4.78 is 37.3. The number of likely N-dealkylation sites (N-methyl/N-ethyl adjacent to an activating group) is 1. The van der Waals surface area contributed by atoms with Crippen LogP contribution in [-0.2, 0) is 11.2 Å². The summed E-state index contributed by atoms with van der Waals surface area (Å²) in [6.07, 6.45) is -1.64. The zero-order chi connectivity index (χ0) is 16.3. The lowest BCUT2D eigenvalue weighted by Gasteiger charge is -2.39. The molecule has 1 aromatic rings. The van der Waals surface area contributed by atoms with Crippen molar-refractivity contribution in [3.05, 3.63) is 29.8 Å². The number of benzene rings is 1. The van der Waals surface area contributed by atoms with Crippen molar-refractivity contribution in [2.75, 3.05) is 25.0 Å². The highest BCUT2D eigenvalue weighted by molar-refractivity contribution is 5.82. The van der Waals surface area contributed by atoms with Gasteiger partial charge in [0.25, 0.3) is 0 Å². The molecule has 0 spiro atoms. The first-order valence-corrected chi connectivity index (χ1v) is 7.47. The van der Waals surface area contributed by atoms with E-state index in [9.17, 15) is 18.0 Å². The van der Waals surface area contributed by atoms with Crippen LogP contribution in [0.25, 0.3) is 0 Å². The number of aryl methyl sites for hydroxylation is 1. The molecule has 2 rings (SSSR count). The maximum atomic E-state index is 12.4. The summed E-state index contributed by atoms with van der Waals surface area (Å²) in [4.78, 5) is 14.9. The van der Waals surface area contributed by atoms with Crippen molar-refractivity contribution in [3.63, 3.8) is 0 Å².